The van der Waals surface area contributed by atoms with Crippen LogP contribution in [0.3, 0.4) is 0 Å². The fourth-order valence-electron chi connectivity index (χ4n) is 1.93. The number of hydrogen-bond donors (Lipinski definition) is 1. The normalized spacial score (nSPS) is 10.1. The maximum absolute atomic E-state index is 8.91. The van der Waals surface area contributed by atoms with Crippen molar-refractivity contribution in [2.24, 2.45) is 7.05 Å². The number of halogens is 1. The minimum Gasteiger partial charge on any atom is -0.492 e. The Bertz CT molecular complexity index is 643. The third-order valence-corrected chi connectivity index (χ3v) is 3.20. The van der Waals surface area contributed by atoms with Crippen LogP contribution in [0, 0.1) is 11.3 Å². The minimum atomic E-state index is 0.586. The first-order valence-electron chi connectivity index (χ1n) is 6.35. The number of aryl methyl sites for hydroxylation is 1. The van der Waals surface area contributed by atoms with Gasteiger partial charge in [0.05, 0.1) is 11.6 Å². The summed E-state index contributed by atoms with van der Waals surface area (Å²) in [4.78, 5) is 0. The highest BCUT2D eigenvalue weighted by molar-refractivity contribution is 6.32. The molecule has 0 atom stereocenters. The number of nitrogens with zero attached hydrogens (tertiary/aromatic N) is 2. The molecular weight excluding hydrogens is 274 g/mol. The molecule has 0 bridgehead atoms. The van der Waals surface area contributed by atoms with Crippen molar-refractivity contribution in [3.63, 3.8) is 0 Å². The number of rotatable bonds is 5. The molecule has 0 aliphatic heterocycles. The van der Waals surface area contributed by atoms with Gasteiger partial charge in [-0.05, 0) is 36.8 Å². The van der Waals surface area contributed by atoms with Gasteiger partial charge in [0.15, 0.2) is 0 Å². The van der Waals surface area contributed by atoms with E-state index in [4.69, 9.17) is 21.6 Å². The van der Waals surface area contributed by atoms with E-state index in [2.05, 4.69) is 11.4 Å². The summed E-state index contributed by atoms with van der Waals surface area (Å²) in [6.45, 7) is 3.15. The van der Waals surface area contributed by atoms with Gasteiger partial charge < -0.3 is 14.6 Å². The summed E-state index contributed by atoms with van der Waals surface area (Å²) in [5, 5.41) is 12.8. The lowest BCUT2D eigenvalue weighted by Gasteiger charge is -2.09. The van der Waals surface area contributed by atoms with Crippen LogP contribution < -0.4 is 10.1 Å². The molecule has 1 heterocycles. The second kappa shape index (κ2) is 6.36. The third kappa shape index (κ3) is 3.25. The maximum atomic E-state index is 8.91. The molecule has 0 spiro atoms. The maximum Gasteiger partial charge on any atom is 0.138 e. The fraction of sp³-hybridized carbons (Fsp3) is 0.267. The first-order chi connectivity index (χ1) is 9.63. The van der Waals surface area contributed by atoms with Gasteiger partial charge in [0.1, 0.15) is 17.5 Å². The number of nitriles is 1. The van der Waals surface area contributed by atoms with Gasteiger partial charge in [0, 0.05) is 25.5 Å². The molecule has 0 amide bonds. The zero-order valence-corrected chi connectivity index (χ0v) is 12.2. The van der Waals surface area contributed by atoms with E-state index >= 15 is 0 Å². The summed E-state index contributed by atoms with van der Waals surface area (Å²) in [7, 11) is 1.86. The number of nitrogens with one attached hydrogen (secondary N) is 1. The Kier molecular flexibility index (Phi) is 4.54. The van der Waals surface area contributed by atoms with Crippen molar-refractivity contribution in [2.75, 3.05) is 11.9 Å². The average Bonchev–Trinajstić information content (AvgIpc) is 2.80. The van der Waals surface area contributed by atoms with Crippen LogP contribution in [-0.4, -0.2) is 11.2 Å². The van der Waals surface area contributed by atoms with Crippen molar-refractivity contribution in [3.8, 4) is 11.8 Å². The SMILES string of the molecule is CCOc1ccc(NCc2cc(C#N)n(C)c2)cc1Cl. The lowest BCUT2D eigenvalue weighted by atomic mass is 10.2. The van der Waals surface area contributed by atoms with Crippen molar-refractivity contribution in [3.05, 3.63) is 46.7 Å². The van der Waals surface area contributed by atoms with Gasteiger partial charge >= 0.3 is 0 Å². The number of benzene rings is 1. The molecule has 0 saturated heterocycles. The smallest absolute Gasteiger partial charge is 0.138 e. The highest BCUT2D eigenvalue weighted by atomic mass is 35.5. The minimum absolute atomic E-state index is 0.586. The summed E-state index contributed by atoms with van der Waals surface area (Å²) >= 11 is 6.13. The molecular formula is C15H16ClN3O. The molecule has 1 aromatic heterocycles. The zero-order chi connectivity index (χ0) is 14.5. The molecule has 104 valence electrons. The van der Waals surface area contributed by atoms with Gasteiger partial charge in [-0.25, -0.2) is 0 Å². The summed E-state index contributed by atoms with van der Waals surface area (Å²) in [5.41, 5.74) is 2.61. The van der Waals surface area contributed by atoms with Gasteiger partial charge in [-0.1, -0.05) is 11.6 Å². The van der Waals surface area contributed by atoms with Crippen LogP contribution in [0.1, 0.15) is 18.2 Å². The second-order valence-electron chi connectivity index (χ2n) is 4.39. The quantitative estimate of drug-likeness (QED) is 0.915. The Hall–Kier alpha value is -2.12. The molecule has 0 aliphatic carbocycles. The van der Waals surface area contributed by atoms with Crippen LogP contribution in [-0.2, 0) is 13.6 Å². The van der Waals surface area contributed by atoms with E-state index in [-0.39, 0.29) is 0 Å². The van der Waals surface area contributed by atoms with Crippen LogP contribution in [0.15, 0.2) is 30.5 Å². The standard InChI is InChI=1S/C15H16ClN3O/c1-3-20-15-5-4-12(7-14(15)16)18-9-11-6-13(8-17)19(2)10-11/h4-7,10,18H,3,9H2,1-2H3. The van der Waals surface area contributed by atoms with Crippen molar-refractivity contribution in [2.45, 2.75) is 13.5 Å². The van der Waals surface area contributed by atoms with E-state index in [0.717, 1.165) is 11.3 Å². The van der Waals surface area contributed by atoms with Crippen molar-refractivity contribution >= 4 is 17.3 Å². The predicted molar refractivity (Wildman–Crippen MR) is 80.1 cm³/mol. The van der Waals surface area contributed by atoms with Crippen LogP contribution in [0.2, 0.25) is 5.02 Å². The highest BCUT2D eigenvalue weighted by Gasteiger charge is 2.04. The van der Waals surface area contributed by atoms with E-state index in [9.17, 15) is 0 Å². The summed E-state index contributed by atoms with van der Waals surface area (Å²) in [6.07, 6.45) is 1.93. The largest absolute Gasteiger partial charge is 0.492 e. The Morgan fingerprint density at radius 2 is 2.20 bits per heavy atom. The molecule has 0 fully saturated rings. The molecule has 2 rings (SSSR count). The lowest BCUT2D eigenvalue weighted by Crippen LogP contribution is -1.99. The van der Waals surface area contributed by atoms with Crippen LogP contribution in [0.4, 0.5) is 5.69 Å². The highest BCUT2D eigenvalue weighted by Crippen LogP contribution is 2.27. The molecule has 5 heteroatoms. The number of hydrogen-bond acceptors (Lipinski definition) is 3. The number of aromatic nitrogens is 1. The van der Waals surface area contributed by atoms with Crippen molar-refractivity contribution < 1.29 is 4.74 Å². The molecule has 2 aromatic rings. The van der Waals surface area contributed by atoms with Gasteiger partial charge in [0.2, 0.25) is 0 Å². The van der Waals surface area contributed by atoms with E-state index in [0.29, 0.717) is 29.6 Å². The van der Waals surface area contributed by atoms with E-state index in [1.54, 1.807) is 0 Å². The average molecular weight is 290 g/mol. The monoisotopic (exact) mass is 289 g/mol. The van der Waals surface area contributed by atoms with Gasteiger partial charge in [-0.2, -0.15) is 5.26 Å². The number of ether oxygens (including phenoxy) is 1. The van der Waals surface area contributed by atoms with Crippen LogP contribution in [0.5, 0.6) is 5.75 Å². The summed E-state index contributed by atoms with van der Waals surface area (Å²) < 4.78 is 7.20. The topological polar surface area (TPSA) is 50.0 Å². The Balaban J connectivity index is 2.03. The zero-order valence-electron chi connectivity index (χ0n) is 11.5. The summed E-state index contributed by atoms with van der Waals surface area (Å²) in [6, 6.07) is 9.61. The molecule has 1 N–H and O–H groups in total. The lowest BCUT2D eigenvalue weighted by molar-refractivity contribution is 0.340. The molecule has 0 aliphatic rings. The van der Waals surface area contributed by atoms with Crippen molar-refractivity contribution in [1.82, 2.24) is 4.57 Å². The van der Waals surface area contributed by atoms with Crippen LogP contribution in [0.25, 0.3) is 0 Å². The molecule has 4 nitrogen and oxygen atoms in total. The summed E-state index contributed by atoms with van der Waals surface area (Å²) in [5.74, 6) is 0.686. The third-order valence-electron chi connectivity index (χ3n) is 2.90. The fourth-order valence-corrected chi connectivity index (χ4v) is 2.16. The van der Waals surface area contributed by atoms with Gasteiger partial charge in [0.25, 0.3) is 0 Å². The van der Waals surface area contributed by atoms with Gasteiger partial charge in [-0.15, -0.1) is 0 Å². The molecule has 20 heavy (non-hydrogen) atoms. The van der Waals surface area contributed by atoms with Crippen LogP contribution >= 0.6 is 11.6 Å². The molecule has 0 saturated carbocycles. The molecule has 1 aromatic carbocycles. The number of anilines is 1. The Morgan fingerprint density at radius 3 is 2.80 bits per heavy atom. The van der Waals surface area contributed by atoms with E-state index in [1.165, 1.54) is 0 Å². The first-order valence-corrected chi connectivity index (χ1v) is 6.73. The van der Waals surface area contributed by atoms with Crippen molar-refractivity contribution in [1.29, 1.82) is 5.26 Å². The second-order valence-corrected chi connectivity index (χ2v) is 4.80. The first kappa shape index (κ1) is 14.3. The predicted octanol–water partition coefficient (Wildman–Crippen LogP) is 3.56. The van der Waals surface area contributed by atoms with E-state index < -0.39 is 0 Å². The Labute approximate surface area is 123 Å². The van der Waals surface area contributed by atoms with E-state index in [1.807, 2.05) is 49.0 Å². The van der Waals surface area contributed by atoms with Gasteiger partial charge in [-0.3, -0.25) is 0 Å². The molecule has 0 unspecified atom stereocenters. The molecule has 0 radical (unpaired) electrons. The Morgan fingerprint density at radius 1 is 1.40 bits per heavy atom.